The number of hydrogen-bond acceptors (Lipinski definition) is 2. The average molecular weight is 294 g/mol. The number of aromatic nitrogens is 2. The first-order valence-electron chi connectivity index (χ1n) is 6.85. The standard InChI is InChI=1S/C14H16ClN3S/c15-10-2-1-3-11-13(10)16-14(19)18(11)12-8-17-6-4-9(12)5-7-17/h1-3,9,12H,4-8H2,(H,16,19). The first-order valence-corrected chi connectivity index (χ1v) is 7.64. The van der Waals surface area contributed by atoms with Crippen LogP contribution in [0, 0.1) is 10.7 Å². The van der Waals surface area contributed by atoms with Crippen molar-refractivity contribution in [2.24, 2.45) is 5.92 Å². The number of nitrogens with one attached hydrogen (secondary N) is 1. The van der Waals surface area contributed by atoms with Crippen LogP contribution in [0.2, 0.25) is 5.02 Å². The maximum absolute atomic E-state index is 6.26. The van der Waals surface area contributed by atoms with Crippen LogP contribution in [0.1, 0.15) is 18.9 Å². The minimum atomic E-state index is 0.502. The van der Waals surface area contributed by atoms with Crippen LogP contribution >= 0.6 is 23.8 Å². The third kappa shape index (κ3) is 1.77. The van der Waals surface area contributed by atoms with E-state index in [2.05, 4.69) is 20.5 Å². The molecule has 2 aromatic rings. The second-order valence-electron chi connectivity index (χ2n) is 5.64. The molecule has 1 unspecified atom stereocenters. The normalized spacial score (nSPS) is 30.1. The van der Waals surface area contributed by atoms with E-state index in [1.54, 1.807) is 0 Å². The van der Waals surface area contributed by atoms with Gasteiger partial charge in [-0.05, 0) is 56.2 Å². The lowest BCUT2D eigenvalue weighted by Crippen LogP contribution is -2.48. The van der Waals surface area contributed by atoms with Gasteiger partial charge >= 0.3 is 0 Å². The van der Waals surface area contributed by atoms with Crippen LogP contribution < -0.4 is 0 Å². The monoisotopic (exact) mass is 293 g/mol. The van der Waals surface area contributed by atoms with Crippen molar-refractivity contribution in [3.05, 3.63) is 28.0 Å². The largest absolute Gasteiger partial charge is 0.329 e. The second kappa shape index (κ2) is 4.33. The fraction of sp³-hybridized carbons (Fsp3) is 0.500. The van der Waals surface area contributed by atoms with Crippen LogP contribution in [0.5, 0.6) is 0 Å². The number of aromatic amines is 1. The zero-order chi connectivity index (χ0) is 13.0. The lowest BCUT2D eigenvalue weighted by atomic mass is 9.84. The molecule has 0 radical (unpaired) electrons. The molecule has 100 valence electrons. The van der Waals surface area contributed by atoms with E-state index in [-0.39, 0.29) is 0 Å². The van der Waals surface area contributed by atoms with Gasteiger partial charge in [-0.3, -0.25) is 0 Å². The summed E-state index contributed by atoms with van der Waals surface area (Å²) in [4.78, 5) is 5.83. The predicted octanol–water partition coefficient (Wildman–Crippen LogP) is 3.62. The molecule has 19 heavy (non-hydrogen) atoms. The van der Waals surface area contributed by atoms with Crippen molar-refractivity contribution in [2.45, 2.75) is 18.9 Å². The number of H-pyrrole nitrogens is 1. The summed E-state index contributed by atoms with van der Waals surface area (Å²) in [5, 5.41) is 0.753. The van der Waals surface area contributed by atoms with Crippen LogP contribution in [0.15, 0.2) is 18.2 Å². The number of fused-ring (bicyclic) bond motifs is 4. The first-order chi connectivity index (χ1) is 9.24. The van der Waals surface area contributed by atoms with Crippen LogP contribution in [0.25, 0.3) is 11.0 Å². The van der Waals surface area contributed by atoms with E-state index < -0.39 is 0 Å². The van der Waals surface area contributed by atoms with Gasteiger partial charge in [0.15, 0.2) is 4.77 Å². The molecule has 0 amide bonds. The van der Waals surface area contributed by atoms with E-state index >= 15 is 0 Å². The van der Waals surface area contributed by atoms with Crippen LogP contribution in [0.4, 0.5) is 0 Å². The van der Waals surface area contributed by atoms with Crippen molar-refractivity contribution < 1.29 is 0 Å². The van der Waals surface area contributed by atoms with Crippen LogP contribution in [-0.2, 0) is 0 Å². The van der Waals surface area contributed by atoms with Crippen molar-refractivity contribution >= 4 is 34.9 Å². The molecule has 1 aromatic heterocycles. The maximum Gasteiger partial charge on any atom is 0.178 e. The molecule has 0 saturated carbocycles. The molecule has 3 aliphatic rings. The number of nitrogens with zero attached hydrogens (tertiary/aromatic N) is 2. The minimum absolute atomic E-state index is 0.502. The Hall–Kier alpha value is -0.840. The molecule has 4 heterocycles. The lowest BCUT2D eigenvalue weighted by molar-refractivity contribution is 0.0582. The summed E-state index contributed by atoms with van der Waals surface area (Å²) in [5.41, 5.74) is 2.13. The van der Waals surface area contributed by atoms with Gasteiger partial charge in [-0.2, -0.15) is 0 Å². The van der Waals surface area contributed by atoms with Crippen molar-refractivity contribution in [3.63, 3.8) is 0 Å². The molecule has 3 fully saturated rings. The van der Waals surface area contributed by atoms with Gasteiger partial charge in [0.1, 0.15) is 0 Å². The highest BCUT2D eigenvalue weighted by Gasteiger charge is 2.36. The second-order valence-corrected chi connectivity index (χ2v) is 6.43. The zero-order valence-electron chi connectivity index (χ0n) is 10.6. The molecule has 1 aromatic carbocycles. The molecule has 3 nitrogen and oxygen atoms in total. The van der Waals surface area contributed by atoms with Crippen molar-refractivity contribution in [2.75, 3.05) is 19.6 Å². The van der Waals surface area contributed by atoms with Crippen LogP contribution in [-0.4, -0.2) is 34.1 Å². The van der Waals surface area contributed by atoms with Gasteiger partial charge in [0.2, 0.25) is 0 Å². The number of para-hydroxylation sites is 1. The minimum Gasteiger partial charge on any atom is -0.329 e. The summed E-state index contributed by atoms with van der Waals surface area (Å²) in [6.07, 6.45) is 2.58. The van der Waals surface area contributed by atoms with E-state index in [0.717, 1.165) is 33.3 Å². The molecule has 2 bridgehead atoms. The molecule has 5 heteroatoms. The maximum atomic E-state index is 6.26. The lowest BCUT2D eigenvalue weighted by Gasteiger charge is -2.45. The molecule has 3 saturated heterocycles. The van der Waals surface area contributed by atoms with Gasteiger partial charge < -0.3 is 14.5 Å². The summed E-state index contributed by atoms with van der Waals surface area (Å²) in [7, 11) is 0. The Morgan fingerprint density at radius 2 is 2.05 bits per heavy atom. The molecule has 0 aliphatic carbocycles. The number of hydrogen-bond donors (Lipinski definition) is 1. The Kier molecular flexibility index (Phi) is 2.72. The van der Waals surface area contributed by atoms with Gasteiger partial charge in [-0.15, -0.1) is 0 Å². The van der Waals surface area contributed by atoms with Gasteiger partial charge in [-0.25, -0.2) is 0 Å². The number of halogens is 1. The topological polar surface area (TPSA) is 24.0 Å². The SMILES string of the molecule is S=c1[nH]c2c(Cl)cccc2n1C1CN2CCC1CC2. The summed E-state index contributed by atoms with van der Waals surface area (Å²) in [6.45, 7) is 3.62. The molecular formula is C14H16ClN3S. The number of imidazole rings is 1. The van der Waals surface area contributed by atoms with Gasteiger partial charge in [0, 0.05) is 6.54 Å². The van der Waals surface area contributed by atoms with E-state index in [4.69, 9.17) is 23.8 Å². The van der Waals surface area contributed by atoms with Crippen molar-refractivity contribution in [1.82, 2.24) is 14.5 Å². The Bertz CT molecular complexity index is 682. The van der Waals surface area contributed by atoms with Crippen molar-refractivity contribution in [3.8, 4) is 0 Å². The third-order valence-corrected chi connectivity index (χ3v) is 5.27. The summed E-state index contributed by atoms with van der Waals surface area (Å²) in [5.74, 6) is 0.759. The molecule has 0 spiro atoms. The summed E-state index contributed by atoms with van der Waals surface area (Å²) in [6, 6.07) is 6.54. The average Bonchev–Trinajstić information content (AvgIpc) is 2.78. The summed E-state index contributed by atoms with van der Waals surface area (Å²) >= 11 is 11.8. The smallest absolute Gasteiger partial charge is 0.178 e. The quantitative estimate of drug-likeness (QED) is 0.812. The van der Waals surface area contributed by atoms with E-state index in [1.807, 2.05) is 12.1 Å². The fourth-order valence-corrected chi connectivity index (χ4v) is 4.22. The first kappa shape index (κ1) is 11.9. The van der Waals surface area contributed by atoms with E-state index in [1.165, 1.54) is 25.9 Å². The molecule has 1 N–H and O–H groups in total. The number of benzene rings is 1. The number of rotatable bonds is 1. The highest BCUT2D eigenvalue weighted by Crippen LogP contribution is 2.38. The van der Waals surface area contributed by atoms with Gasteiger partial charge in [-0.1, -0.05) is 17.7 Å². The van der Waals surface area contributed by atoms with Gasteiger partial charge in [0.05, 0.1) is 22.1 Å². The predicted molar refractivity (Wildman–Crippen MR) is 80.3 cm³/mol. The Balaban J connectivity index is 1.89. The van der Waals surface area contributed by atoms with Crippen molar-refractivity contribution in [1.29, 1.82) is 0 Å². The highest BCUT2D eigenvalue weighted by molar-refractivity contribution is 7.71. The molecule has 5 rings (SSSR count). The third-order valence-electron chi connectivity index (χ3n) is 4.66. The Morgan fingerprint density at radius 3 is 2.74 bits per heavy atom. The van der Waals surface area contributed by atoms with Crippen LogP contribution in [0.3, 0.4) is 0 Å². The number of piperidine rings is 3. The van der Waals surface area contributed by atoms with E-state index in [9.17, 15) is 0 Å². The fourth-order valence-electron chi connectivity index (χ4n) is 3.67. The highest BCUT2D eigenvalue weighted by atomic mass is 35.5. The van der Waals surface area contributed by atoms with E-state index in [0.29, 0.717) is 6.04 Å². The Labute approximate surface area is 122 Å². The van der Waals surface area contributed by atoms with Gasteiger partial charge in [0.25, 0.3) is 0 Å². The Morgan fingerprint density at radius 1 is 1.26 bits per heavy atom. The molecule has 3 aliphatic heterocycles. The summed E-state index contributed by atoms with van der Waals surface area (Å²) < 4.78 is 3.11. The molecular weight excluding hydrogens is 278 g/mol. The molecule has 1 atom stereocenters. The zero-order valence-corrected chi connectivity index (χ0v) is 12.2.